The van der Waals surface area contributed by atoms with Gasteiger partial charge in [-0.3, -0.25) is 13.6 Å². The zero-order valence-corrected chi connectivity index (χ0v) is 15.1. The minimum Gasteiger partial charge on any atom is -0.493 e. The van der Waals surface area contributed by atoms with E-state index in [4.69, 9.17) is 9.47 Å². The topological polar surface area (TPSA) is 57.5 Å². The summed E-state index contributed by atoms with van der Waals surface area (Å²) in [6.07, 6.45) is 0. The summed E-state index contributed by atoms with van der Waals surface area (Å²) in [5.74, 6) is 1.25. The number of carbonyl (C=O) groups is 1. The predicted molar refractivity (Wildman–Crippen MR) is 97.9 cm³/mol. The molecule has 0 fully saturated rings. The zero-order valence-electron chi connectivity index (χ0n) is 14.3. The molecule has 2 aromatic carbocycles. The number of hydrogen-bond acceptors (Lipinski definition) is 4. The first-order valence-corrected chi connectivity index (χ1v) is 9.07. The average Bonchev–Trinajstić information content (AvgIpc) is 2.97. The van der Waals surface area contributed by atoms with Crippen molar-refractivity contribution in [2.24, 2.45) is 0 Å². The van der Waals surface area contributed by atoms with Gasteiger partial charge in [0.25, 0.3) is 0 Å². The van der Waals surface area contributed by atoms with Gasteiger partial charge in [-0.15, -0.1) is 0 Å². The molecule has 6 heteroatoms. The first-order valence-electron chi connectivity index (χ1n) is 7.76. The van der Waals surface area contributed by atoms with Crippen molar-refractivity contribution >= 4 is 27.6 Å². The van der Waals surface area contributed by atoms with Gasteiger partial charge in [-0.25, -0.2) is 0 Å². The minimum atomic E-state index is -1.24. The van der Waals surface area contributed by atoms with Crippen molar-refractivity contribution < 1.29 is 18.5 Å². The first kappa shape index (κ1) is 17.2. The summed E-state index contributed by atoms with van der Waals surface area (Å²) in [6, 6.07) is 14.7. The molecule has 1 atom stereocenters. The van der Waals surface area contributed by atoms with E-state index in [9.17, 15) is 9.00 Å². The number of rotatable bonds is 5. The van der Waals surface area contributed by atoms with Crippen LogP contribution >= 0.6 is 0 Å². The largest absolute Gasteiger partial charge is 0.493 e. The van der Waals surface area contributed by atoms with Crippen LogP contribution in [0, 0.1) is 0 Å². The Morgan fingerprint density at radius 2 is 1.68 bits per heavy atom. The highest BCUT2D eigenvalue weighted by Crippen LogP contribution is 2.34. The van der Waals surface area contributed by atoms with E-state index in [1.165, 1.54) is 6.92 Å². The lowest BCUT2D eigenvalue weighted by atomic mass is 10.2. The number of methoxy groups -OCH3 is 2. The van der Waals surface area contributed by atoms with E-state index in [0.717, 1.165) is 10.3 Å². The molecule has 0 aliphatic rings. The Balaban J connectivity index is 2.10. The summed E-state index contributed by atoms with van der Waals surface area (Å²) < 4.78 is 24.9. The molecule has 0 bridgehead atoms. The third-order valence-electron chi connectivity index (χ3n) is 3.98. The summed E-state index contributed by atoms with van der Waals surface area (Å²) >= 11 is 0. The lowest BCUT2D eigenvalue weighted by Crippen LogP contribution is -2.11. The number of fused-ring (bicyclic) bond motifs is 1. The van der Waals surface area contributed by atoms with Gasteiger partial charge in [-0.1, -0.05) is 18.2 Å². The van der Waals surface area contributed by atoms with Crippen LogP contribution in [0.25, 0.3) is 10.9 Å². The first-order chi connectivity index (χ1) is 12.0. The third-order valence-corrected chi connectivity index (χ3v) is 5.34. The monoisotopic (exact) mass is 357 g/mol. The van der Waals surface area contributed by atoms with E-state index >= 15 is 0 Å². The Labute approximate surface area is 148 Å². The standard InChI is InChI=1S/C19H19NO4S/c1-13(21)20-15(12-25(22)16-7-5-4-6-8-16)9-14-10-18(23-2)19(24-3)11-17(14)20/h4-11H,12H2,1-3H3. The summed E-state index contributed by atoms with van der Waals surface area (Å²) in [5.41, 5.74) is 1.41. The Bertz CT molecular complexity index is 947. The number of ether oxygens (including phenoxy) is 2. The molecule has 0 amide bonds. The Kier molecular flexibility index (Phi) is 4.90. The highest BCUT2D eigenvalue weighted by atomic mass is 32.2. The van der Waals surface area contributed by atoms with Crippen molar-refractivity contribution in [1.82, 2.24) is 4.57 Å². The molecule has 5 nitrogen and oxygen atoms in total. The van der Waals surface area contributed by atoms with E-state index in [1.54, 1.807) is 24.9 Å². The molecule has 0 spiro atoms. The van der Waals surface area contributed by atoms with Gasteiger partial charge in [0, 0.05) is 29.0 Å². The third kappa shape index (κ3) is 3.30. The van der Waals surface area contributed by atoms with Crippen LogP contribution in [-0.2, 0) is 16.6 Å². The Morgan fingerprint density at radius 3 is 2.28 bits per heavy atom. The fourth-order valence-electron chi connectivity index (χ4n) is 2.86. The maximum atomic E-state index is 12.6. The normalized spacial score (nSPS) is 12.1. The second-order valence-corrected chi connectivity index (χ2v) is 7.01. The van der Waals surface area contributed by atoms with Crippen LogP contribution in [0.1, 0.15) is 17.4 Å². The van der Waals surface area contributed by atoms with Crippen LogP contribution in [0.15, 0.2) is 53.4 Å². The van der Waals surface area contributed by atoms with Crippen molar-refractivity contribution in [3.63, 3.8) is 0 Å². The van der Waals surface area contributed by atoms with Crippen LogP contribution in [0.5, 0.6) is 11.5 Å². The van der Waals surface area contributed by atoms with Gasteiger partial charge in [0.2, 0.25) is 5.91 Å². The summed E-state index contributed by atoms with van der Waals surface area (Å²) in [4.78, 5) is 12.9. The molecule has 3 rings (SSSR count). The lowest BCUT2D eigenvalue weighted by molar-refractivity contribution is 0.0939. The molecule has 3 aromatic rings. The highest BCUT2D eigenvalue weighted by Gasteiger charge is 2.18. The number of hydrogen-bond donors (Lipinski definition) is 0. The number of carbonyl (C=O) groups excluding carboxylic acids is 1. The van der Waals surface area contributed by atoms with Crippen molar-refractivity contribution in [2.75, 3.05) is 14.2 Å². The molecular formula is C19H19NO4S. The molecule has 0 saturated heterocycles. The summed E-state index contributed by atoms with van der Waals surface area (Å²) in [7, 11) is 1.88. The van der Waals surface area contributed by atoms with Crippen LogP contribution in [0.4, 0.5) is 0 Å². The molecule has 1 heterocycles. The lowest BCUT2D eigenvalue weighted by Gasteiger charge is -2.10. The van der Waals surface area contributed by atoms with Gasteiger partial charge in [0.05, 0.1) is 36.3 Å². The van der Waals surface area contributed by atoms with Crippen molar-refractivity contribution in [1.29, 1.82) is 0 Å². The van der Waals surface area contributed by atoms with Crippen molar-refractivity contribution in [3.8, 4) is 11.5 Å². The molecular weight excluding hydrogens is 338 g/mol. The summed E-state index contributed by atoms with van der Waals surface area (Å²) in [5, 5.41) is 0.841. The molecule has 0 aliphatic heterocycles. The smallest absolute Gasteiger partial charge is 0.228 e. The van der Waals surface area contributed by atoms with Crippen molar-refractivity contribution in [2.45, 2.75) is 17.6 Å². The van der Waals surface area contributed by atoms with Gasteiger partial charge >= 0.3 is 0 Å². The van der Waals surface area contributed by atoms with Crippen LogP contribution in [0.3, 0.4) is 0 Å². The van der Waals surface area contributed by atoms with E-state index in [1.807, 2.05) is 42.5 Å². The van der Waals surface area contributed by atoms with Gasteiger partial charge in [0.1, 0.15) is 0 Å². The summed E-state index contributed by atoms with van der Waals surface area (Å²) in [6.45, 7) is 1.49. The molecule has 25 heavy (non-hydrogen) atoms. The van der Waals surface area contributed by atoms with Gasteiger partial charge in [0.15, 0.2) is 11.5 Å². The fourth-order valence-corrected chi connectivity index (χ4v) is 3.97. The minimum absolute atomic E-state index is 0.137. The predicted octanol–water partition coefficient (Wildman–Crippen LogP) is 3.63. The van der Waals surface area contributed by atoms with Gasteiger partial charge < -0.3 is 9.47 Å². The van der Waals surface area contributed by atoms with Crippen LogP contribution in [0.2, 0.25) is 0 Å². The number of aromatic nitrogens is 1. The molecule has 1 unspecified atom stereocenters. The van der Waals surface area contributed by atoms with E-state index in [-0.39, 0.29) is 11.7 Å². The van der Waals surface area contributed by atoms with E-state index in [2.05, 4.69) is 0 Å². The Hall–Kier alpha value is -2.60. The average molecular weight is 357 g/mol. The molecule has 0 radical (unpaired) electrons. The molecule has 0 N–H and O–H groups in total. The second-order valence-electron chi connectivity index (χ2n) is 5.56. The molecule has 0 aliphatic carbocycles. The maximum absolute atomic E-state index is 12.6. The van der Waals surface area contributed by atoms with Gasteiger partial charge in [-0.05, 0) is 24.3 Å². The van der Waals surface area contributed by atoms with Crippen LogP contribution in [-0.4, -0.2) is 28.9 Å². The quantitative estimate of drug-likeness (QED) is 0.700. The SMILES string of the molecule is COc1cc2cc(CS(=O)c3ccccc3)n(C(C)=O)c2cc1OC. The Morgan fingerprint density at radius 1 is 1.04 bits per heavy atom. The van der Waals surface area contributed by atoms with Crippen LogP contribution < -0.4 is 9.47 Å². The van der Waals surface area contributed by atoms with Gasteiger partial charge in [-0.2, -0.15) is 0 Å². The van der Waals surface area contributed by atoms with E-state index < -0.39 is 10.8 Å². The second kappa shape index (κ2) is 7.11. The molecule has 0 saturated carbocycles. The maximum Gasteiger partial charge on any atom is 0.228 e. The number of benzene rings is 2. The molecule has 130 valence electrons. The highest BCUT2D eigenvalue weighted by molar-refractivity contribution is 7.84. The fraction of sp³-hybridized carbons (Fsp3) is 0.211. The zero-order chi connectivity index (χ0) is 18.0. The number of nitrogens with zero attached hydrogens (tertiary/aromatic N) is 1. The molecule has 1 aromatic heterocycles. The van der Waals surface area contributed by atoms with Crippen molar-refractivity contribution in [3.05, 3.63) is 54.2 Å². The van der Waals surface area contributed by atoms with E-state index in [0.29, 0.717) is 22.7 Å².